The van der Waals surface area contributed by atoms with E-state index in [4.69, 9.17) is 0 Å². The van der Waals surface area contributed by atoms with Gasteiger partial charge in [-0.05, 0) is 31.4 Å². The summed E-state index contributed by atoms with van der Waals surface area (Å²) in [5.41, 5.74) is 3.46. The Bertz CT molecular complexity index is 630. The number of carbonyl (C=O) groups excluding carboxylic acids is 1. The summed E-state index contributed by atoms with van der Waals surface area (Å²) in [5, 5.41) is 11.3. The largest absolute Gasteiger partial charge is 0.342 e. The van der Waals surface area contributed by atoms with Crippen LogP contribution in [0.1, 0.15) is 35.7 Å². The van der Waals surface area contributed by atoms with E-state index in [2.05, 4.69) is 22.2 Å². The minimum Gasteiger partial charge on any atom is -0.342 e. The maximum absolute atomic E-state index is 12.3. The van der Waals surface area contributed by atoms with Crippen molar-refractivity contribution in [3.05, 3.63) is 35.4 Å². The molecule has 0 aromatic carbocycles. The lowest BCUT2D eigenvalue weighted by atomic mass is 10.0. The number of hydrogen-bond donors (Lipinski definition) is 1. The number of hydrogen-bond acceptors (Lipinski definition) is 3. The number of carbonyl (C=O) groups is 1. The van der Waals surface area contributed by atoms with Crippen LogP contribution in [-0.2, 0) is 18.3 Å². The van der Waals surface area contributed by atoms with Gasteiger partial charge in [0.2, 0.25) is 5.91 Å². The zero-order valence-electron chi connectivity index (χ0n) is 12.5. The second-order valence-corrected chi connectivity index (χ2v) is 5.74. The van der Waals surface area contributed by atoms with Crippen LogP contribution in [-0.4, -0.2) is 43.9 Å². The Morgan fingerprint density at radius 3 is 3.05 bits per heavy atom. The molecule has 3 heterocycles. The lowest BCUT2D eigenvalue weighted by Gasteiger charge is -2.16. The van der Waals surface area contributed by atoms with E-state index in [0.717, 1.165) is 31.6 Å². The van der Waals surface area contributed by atoms with Gasteiger partial charge in [-0.1, -0.05) is 0 Å². The van der Waals surface area contributed by atoms with Crippen LogP contribution in [0.2, 0.25) is 0 Å². The van der Waals surface area contributed by atoms with Gasteiger partial charge in [0.1, 0.15) is 0 Å². The van der Waals surface area contributed by atoms with Gasteiger partial charge in [0.25, 0.3) is 0 Å². The van der Waals surface area contributed by atoms with Gasteiger partial charge in [-0.3, -0.25) is 14.6 Å². The van der Waals surface area contributed by atoms with Crippen LogP contribution in [0.25, 0.3) is 0 Å². The summed E-state index contributed by atoms with van der Waals surface area (Å²) in [6.45, 7) is 3.70. The monoisotopic (exact) mass is 287 g/mol. The predicted molar refractivity (Wildman–Crippen MR) is 78.8 cm³/mol. The number of rotatable bonds is 4. The molecule has 0 radical (unpaired) electrons. The number of aromatic amines is 1. The molecule has 2 aromatic heterocycles. The Morgan fingerprint density at radius 1 is 1.52 bits per heavy atom. The molecule has 1 unspecified atom stereocenters. The van der Waals surface area contributed by atoms with Crippen LogP contribution in [0.15, 0.2) is 18.5 Å². The molecule has 21 heavy (non-hydrogen) atoms. The van der Waals surface area contributed by atoms with Gasteiger partial charge in [0, 0.05) is 50.1 Å². The highest BCUT2D eigenvalue weighted by atomic mass is 16.2. The number of likely N-dealkylation sites (tertiary alicyclic amines) is 1. The molecule has 3 rings (SSSR count). The lowest BCUT2D eigenvalue weighted by molar-refractivity contribution is -0.130. The number of aromatic nitrogens is 4. The predicted octanol–water partition coefficient (Wildman–Crippen LogP) is 1.40. The summed E-state index contributed by atoms with van der Waals surface area (Å²) in [7, 11) is 1.91. The summed E-state index contributed by atoms with van der Waals surface area (Å²) < 4.78 is 1.83. The van der Waals surface area contributed by atoms with Crippen LogP contribution in [0.4, 0.5) is 0 Å². The number of amides is 1. The van der Waals surface area contributed by atoms with E-state index >= 15 is 0 Å². The first-order valence-electron chi connectivity index (χ1n) is 7.39. The van der Waals surface area contributed by atoms with E-state index in [1.807, 2.05) is 28.9 Å². The minimum atomic E-state index is 0.232. The third kappa shape index (κ3) is 2.84. The molecule has 1 N–H and O–H groups in total. The van der Waals surface area contributed by atoms with Gasteiger partial charge in [0.05, 0.1) is 6.20 Å². The molecule has 0 bridgehead atoms. The van der Waals surface area contributed by atoms with E-state index in [-0.39, 0.29) is 5.91 Å². The molecule has 0 spiro atoms. The average Bonchev–Trinajstić information content (AvgIpc) is 3.17. The van der Waals surface area contributed by atoms with Crippen molar-refractivity contribution >= 4 is 5.91 Å². The molecular formula is C15H21N5O. The van der Waals surface area contributed by atoms with Crippen LogP contribution in [0, 0.1) is 6.92 Å². The van der Waals surface area contributed by atoms with Gasteiger partial charge in [-0.25, -0.2) is 0 Å². The lowest BCUT2D eigenvalue weighted by Crippen LogP contribution is -2.28. The average molecular weight is 287 g/mol. The summed E-state index contributed by atoms with van der Waals surface area (Å²) in [4.78, 5) is 14.3. The van der Waals surface area contributed by atoms with Crippen molar-refractivity contribution in [2.45, 2.75) is 32.1 Å². The quantitative estimate of drug-likeness (QED) is 0.924. The Kier molecular flexibility index (Phi) is 3.77. The SMILES string of the molecule is Cc1cn[nH]c1C1CCN(C(=O)CCc2ccnn2C)C1. The molecule has 1 aliphatic rings. The molecule has 2 aromatic rings. The highest BCUT2D eigenvalue weighted by Gasteiger charge is 2.28. The fourth-order valence-corrected chi connectivity index (χ4v) is 3.03. The molecule has 1 fully saturated rings. The van der Waals surface area contributed by atoms with Crippen molar-refractivity contribution in [1.29, 1.82) is 0 Å². The zero-order chi connectivity index (χ0) is 14.8. The van der Waals surface area contributed by atoms with Crippen molar-refractivity contribution in [3.8, 4) is 0 Å². The Labute approximate surface area is 124 Å². The molecule has 0 aliphatic carbocycles. The maximum Gasteiger partial charge on any atom is 0.222 e. The van der Waals surface area contributed by atoms with Gasteiger partial charge >= 0.3 is 0 Å². The Balaban J connectivity index is 1.55. The van der Waals surface area contributed by atoms with Crippen LogP contribution in [0.5, 0.6) is 0 Å². The Morgan fingerprint density at radius 2 is 2.38 bits per heavy atom. The molecule has 6 nitrogen and oxygen atoms in total. The summed E-state index contributed by atoms with van der Waals surface area (Å²) in [6, 6.07) is 1.97. The highest BCUT2D eigenvalue weighted by Crippen LogP contribution is 2.28. The minimum absolute atomic E-state index is 0.232. The molecule has 1 amide bonds. The van der Waals surface area contributed by atoms with Gasteiger partial charge in [-0.2, -0.15) is 10.2 Å². The standard InChI is InChI=1S/C15H21N5O/c1-11-9-16-18-15(11)12-6-8-20(10-12)14(21)4-3-13-5-7-17-19(13)2/h5,7,9,12H,3-4,6,8,10H2,1-2H3,(H,16,18). The molecule has 1 aliphatic heterocycles. The first kappa shape index (κ1) is 13.9. The topological polar surface area (TPSA) is 66.8 Å². The van der Waals surface area contributed by atoms with Crippen molar-refractivity contribution < 1.29 is 4.79 Å². The molecule has 1 atom stereocenters. The van der Waals surface area contributed by atoms with Gasteiger partial charge in [0.15, 0.2) is 0 Å². The fourth-order valence-electron chi connectivity index (χ4n) is 3.03. The summed E-state index contributed by atoms with van der Waals surface area (Å²) >= 11 is 0. The van der Waals surface area contributed by atoms with Crippen LogP contribution < -0.4 is 0 Å². The third-order valence-corrected chi connectivity index (χ3v) is 4.33. The normalized spacial score (nSPS) is 18.4. The Hall–Kier alpha value is -2.11. The number of nitrogens with zero attached hydrogens (tertiary/aromatic N) is 4. The molecular weight excluding hydrogens is 266 g/mol. The number of aryl methyl sites for hydroxylation is 3. The molecule has 1 saturated heterocycles. The van der Waals surface area contributed by atoms with Crippen molar-refractivity contribution in [3.63, 3.8) is 0 Å². The number of nitrogens with one attached hydrogen (secondary N) is 1. The number of H-pyrrole nitrogens is 1. The van der Waals surface area contributed by atoms with Gasteiger partial charge in [-0.15, -0.1) is 0 Å². The summed E-state index contributed by atoms with van der Waals surface area (Å²) in [6.07, 6.45) is 5.93. The van der Waals surface area contributed by atoms with Crippen molar-refractivity contribution in [1.82, 2.24) is 24.9 Å². The van der Waals surface area contributed by atoms with Crippen molar-refractivity contribution in [2.75, 3.05) is 13.1 Å². The van der Waals surface area contributed by atoms with Crippen LogP contribution in [0.3, 0.4) is 0 Å². The second-order valence-electron chi connectivity index (χ2n) is 5.74. The molecule has 0 saturated carbocycles. The van der Waals surface area contributed by atoms with E-state index in [0.29, 0.717) is 12.3 Å². The fraction of sp³-hybridized carbons (Fsp3) is 0.533. The molecule has 6 heteroatoms. The van der Waals surface area contributed by atoms with Gasteiger partial charge < -0.3 is 4.90 Å². The zero-order valence-corrected chi connectivity index (χ0v) is 12.5. The van der Waals surface area contributed by atoms with E-state index < -0.39 is 0 Å². The van der Waals surface area contributed by atoms with Crippen LogP contribution >= 0.6 is 0 Å². The smallest absolute Gasteiger partial charge is 0.222 e. The van der Waals surface area contributed by atoms with E-state index in [1.54, 1.807) is 6.20 Å². The molecule has 112 valence electrons. The third-order valence-electron chi connectivity index (χ3n) is 4.33. The van der Waals surface area contributed by atoms with Crippen molar-refractivity contribution in [2.24, 2.45) is 7.05 Å². The maximum atomic E-state index is 12.3. The van der Waals surface area contributed by atoms with E-state index in [1.165, 1.54) is 11.3 Å². The summed E-state index contributed by atoms with van der Waals surface area (Å²) in [5.74, 6) is 0.629. The highest BCUT2D eigenvalue weighted by molar-refractivity contribution is 5.76. The van der Waals surface area contributed by atoms with E-state index in [9.17, 15) is 4.79 Å². The first-order valence-corrected chi connectivity index (χ1v) is 7.39. The second kappa shape index (κ2) is 5.71. The first-order chi connectivity index (χ1) is 10.1.